The summed E-state index contributed by atoms with van der Waals surface area (Å²) in [4.78, 5) is 30.6. The first-order chi connectivity index (χ1) is 15.3. The van der Waals surface area contributed by atoms with Gasteiger partial charge < -0.3 is 16.0 Å². The fourth-order valence-corrected chi connectivity index (χ4v) is 4.49. The van der Waals surface area contributed by atoms with Crippen molar-refractivity contribution >= 4 is 23.5 Å². The van der Waals surface area contributed by atoms with E-state index in [-0.39, 0.29) is 36.6 Å². The van der Waals surface area contributed by atoms with Crippen molar-refractivity contribution < 1.29 is 35.9 Å². The van der Waals surface area contributed by atoms with E-state index in [9.17, 15) is 35.9 Å². The molecule has 1 unspecified atom stereocenters. The predicted molar refractivity (Wildman–Crippen MR) is 108 cm³/mol. The second-order valence-electron chi connectivity index (χ2n) is 7.55. The number of ketones is 1. The molecule has 0 spiro atoms. The smallest absolute Gasteiger partial charge is 0.358 e. The summed E-state index contributed by atoms with van der Waals surface area (Å²) in [6.07, 6.45) is -6.36. The highest BCUT2D eigenvalue weighted by atomic mass is 32.2. The minimum absolute atomic E-state index is 0.0307. The van der Waals surface area contributed by atoms with Gasteiger partial charge in [0.15, 0.2) is 5.78 Å². The zero-order valence-electron chi connectivity index (χ0n) is 17.0. The van der Waals surface area contributed by atoms with Gasteiger partial charge in [0.25, 0.3) is 5.91 Å². The largest absolute Gasteiger partial charge is 0.433 e. The predicted octanol–water partition coefficient (Wildman–Crippen LogP) is 3.15. The van der Waals surface area contributed by atoms with Gasteiger partial charge in [-0.25, -0.2) is 0 Å². The minimum atomic E-state index is -4.60. The van der Waals surface area contributed by atoms with Crippen LogP contribution >= 0.6 is 11.8 Å². The van der Waals surface area contributed by atoms with Gasteiger partial charge in [-0.2, -0.15) is 26.3 Å². The maximum atomic E-state index is 12.8. The van der Waals surface area contributed by atoms with E-state index >= 15 is 0 Å². The van der Waals surface area contributed by atoms with Gasteiger partial charge in [-0.05, 0) is 24.1 Å². The molecule has 1 aromatic heterocycles. The maximum Gasteiger partial charge on any atom is 0.433 e. The number of aromatic nitrogens is 1. The SMILES string of the molecule is N[C@H]1CSC2=CC(C(=O)NCCCC(F)(F)F)=CN(Cc3ccc(C(F)(F)F)nc3)C2C1=O. The first-order valence-electron chi connectivity index (χ1n) is 9.83. The molecule has 180 valence electrons. The Kier molecular flexibility index (Phi) is 7.42. The molecule has 3 N–H and O–H groups in total. The monoisotopic (exact) mass is 494 g/mol. The lowest BCUT2D eigenvalue weighted by Gasteiger charge is -2.38. The summed E-state index contributed by atoms with van der Waals surface area (Å²) in [6, 6.07) is 0.468. The van der Waals surface area contributed by atoms with Crippen LogP contribution in [-0.2, 0) is 22.3 Å². The lowest BCUT2D eigenvalue weighted by Crippen LogP contribution is -2.52. The summed E-state index contributed by atoms with van der Waals surface area (Å²) < 4.78 is 75.2. The van der Waals surface area contributed by atoms with Crippen LogP contribution in [0.3, 0.4) is 0 Å². The number of nitrogens with zero attached hydrogens (tertiary/aromatic N) is 2. The Morgan fingerprint density at radius 1 is 1.24 bits per heavy atom. The number of thioether (sulfide) groups is 1. The van der Waals surface area contributed by atoms with Crippen molar-refractivity contribution in [2.75, 3.05) is 12.3 Å². The van der Waals surface area contributed by atoms with E-state index in [2.05, 4.69) is 10.3 Å². The third-order valence-corrected chi connectivity index (χ3v) is 6.13. The van der Waals surface area contributed by atoms with Crippen LogP contribution in [0.1, 0.15) is 24.1 Å². The summed E-state index contributed by atoms with van der Waals surface area (Å²) in [5, 5.41) is 2.41. The van der Waals surface area contributed by atoms with Gasteiger partial charge in [-0.1, -0.05) is 6.07 Å². The molecule has 6 nitrogen and oxygen atoms in total. The van der Waals surface area contributed by atoms with Crippen molar-refractivity contribution in [2.24, 2.45) is 5.73 Å². The number of halogens is 6. The molecule has 2 aliphatic heterocycles. The molecule has 3 heterocycles. The van der Waals surface area contributed by atoms with E-state index in [1.165, 1.54) is 35.0 Å². The number of alkyl halides is 6. The van der Waals surface area contributed by atoms with E-state index < -0.39 is 42.5 Å². The van der Waals surface area contributed by atoms with E-state index in [4.69, 9.17) is 5.73 Å². The van der Waals surface area contributed by atoms with Gasteiger partial charge in [0.1, 0.15) is 11.7 Å². The second-order valence-corrected chi connectivity index (χ2v) is 8.64. The first kappa shape index (κ1) is 25.1. The Hall–Kier alpha value is -2.54. The Labute approximate surface area is 189 Å². The van der Waals surface area contributed by atoms with Crippen LogP contribution in [-0.4, -0.2) is 52.1 Å². The van der Waals surface area contributed by atoms with Crippen molar-refractivity contribution in [3.63, 3.8) is 0 Å². The van der Waals surface area contributed by atoms with Gasteiger partial charge >= 0.3 is 12.4 Å². The molecule has 0 aliphatic carbocycles. The number of rotatable bonds is 6. The van der Waals surface area contributed by atoms with Crippen LogP contribution in [0, 0.1) is 0 Å². The summed E-state index contributed by atoms with van der Waals surface area (Å²) in [5.41, 5.74) is 5.28. The van der Waals surface area contributed by atoms with Crippen molar-refractivity contribution in [1.29, 1.82) is 0 Å². The molecule has 0 aromatic carbocycles. The number of carbonyl (C=O) groups is 2. The number of Topliss-reactive ketones (excluding diaryl/α,β-unsaturated/α-hetero) is 1. The van der Waals surface area contributed by atoms with Crippen LogP contribution in [0.15, 0.2) is 41.1 Å². The molecule has 0 bridgehead atoms. The fourth-order valence-electron chi connectivity index (χ4n) is 3.33. The summed E-state index contributed by atoms with van der Waals surface area (Å²) in [7, 11) is 0. The molecule has 1 aromatic rings. The molecular formula is C20H20F6N4O2S. The number of hydrogen-bond acceptors (Lipinski definition) is 6. The first-order valence-corrected chi connectivity index (χ1v) is 10.8. The third-order valence-electron chi connectivity index (χ3n) is 4.93. The highest BCUT2D eigenvalue weighted by Crippen LogP contribution is 2.36. The van der Waals surface area contributed by atoms with Crippen molar-refractivity contribution in [3.05, 3.63) is 52.3 Å². The zero-order valence-corrected chi connectivity index (χ0v) is 17.9. The summed E-state index contributed by atoms with van der Waals surface area (Å²) in [5.74, 6) is -0.639. The molecule has 1 amide bonds. The number of pyridine rings is 1. The molecule has 13 heteroatoms. The Morgan fingerprint density at radius 3 is 2.58 bits per heavy atom. The van der Waals surface area contributed by atoms with Crippen molar-refractivity contribution in [3.8, 4) is 0 Å². The highest BCUT2D eigenvalue weighted by molar-refractivity contribution is 8.03. The number of hydrogen-bond donors (Lipinski definition) is 2. The molecule has 2 atom stereocenters. The Balaban J connectivity index is 1.78. The van der Waals surface area contributed by atoms with Crippen LogP contribution < -0.4 is 11.1 Å². The average Bonchev–Trinajstić information content (AvgIpc) is 2.72. The lowest BCUT2D eigenvalue weighted by molar-refractivity contribution is -0.141. The number of nitrogens with two attached hydrogens (primary N) is 1. The Morgan fingerprint density at radius 2 is 1.97 bits per heavy atom. The third kappa shape index (κ3) is 6.50. The molecule has 0 radical (unpaired) electrons. The van der Waals surface area contributed by atoms with Gasteiger partial charge in [0.05, 0.1) is 11.6 Å². The van der Waals surface area contributed by atoms with Crippen molar-refractivity contribution in [2.45, 2.75) is 43.8 Å². The van der Waals surface area contributed by atoms with E-state index in [0.29, 0.717) is 10.5 Å². The molecular weight excluding hydrogens is 474 g/mol. The van der Waals surface area contributed by atoms with E-state index in [1.54, 1.807) is 0 Å². The molecule has 1 fully saturated rings. The van der Waals surface area contributed by atoms with Crippen LogP contribution in [0.25, 0.3) is 0 Å². The minimum Gasteiger partial charge on any atom is -0.358 e. The lowest BCUT2D eigenvalue weighted by atomic mass is 9.99. The molecule has 1 saturated heterocycles. The number of fused-ring (bicyclic) bond motifs is 1. The van der Waals surface area contributed by atoms with Gasteiger partial charge in [0, 0.05) is 42.6 Å². The van der Waals surface area contributed by atoms with Gasteiger partial charge in [-0.15, -0.1) is 11.8 Å². The molecule has 3 rings (SSSR count). The zero-order chi connectivity index (χ0) is 24.4. The number of amides is 1. The van der Waals surface area contributed by atoms with E-state index in [0.717, 1.165) is 12.3 Å². The van der Waals surface area contributed by atoms with Crippen LogP contribution in [0.2, 0.25) is 0 Å². The average molecular weight is 494 g/mol. The maximum absolute atomic E-state index is 12.8. The van der Waals surface area contributed by atoms with E-state index in [1.807, 2.05) is 0 Å². The topological polar surface area (TPSA) is 88.3 Å². The normalized spacial score (nSPS) is 21.3. The quantitative estimate of drug-likeness (QED) is 0.467. The van der Waals surface area contributed by atoms with Gasteiger partial charge in [-0.3, -0.25) is 14.6 Å². The van der Waals surface area contributed by atoms with Crippen LogP contribution in [0.4, 0.5) is 26.3 Å². The summed E-state index contributed by atoms with van der Waals surface area (Å²) in [6.45, 7) is -0.223. The standard InChI is InChI=1S/C20H20F6N4O2S/c21-19(22,23)4-1-5-28-18(32)12-6-14-16(17(31)13(27)10-33-14)30(9-12)8-11-2-3-15(29-7-11)20(24,25)26/h2-3,6-7,9,13,16H,1,4-5,8,10,27H2,(H,28,32)/t13-,16?/m0/s1. The van der Waals surface area contributed by atoms with Crippen molar-refractivity contribution in [1.82, 2.24) is 15.2 Å². The van der Waals surface area contributed by atoms with Gasteiger partial charge in [0.2, 0.25) is 0 Å². The Bertz CT molecular complexity index is 959. The fraction of sp³-hybridized carbons (Fsp3) is 0.450. The molecule has 2 aliphatic rings. The molecule has 0 saturated carbocycles. The summed E-state index contributed by atoms with van der Waals surface area (Å²) >= 11 is 1.27. The number of carbonyl (C=O) groups excluding carboxylic acids is 2. The highest BCUT2D eigenvalue weighted by Gasteiger charge is 2.39. The second kappa shape index (κ2) is 9.75. The number of nitrogens with one attached hydrogen (secondary N) is 1. The molecule has 33 heavy (non-hydrogen) atoms. The van der Waals surface area contributed by atoms with Crippen LogP contribution in [0.5, 0.6) is 0 Å².